The van der Waals surface area contributed by atoms with Crippen molar-refractivity contribution in [3.05, 3.63) is 55.2 Å². The van der Waals surface area contributed by atoms with Gasteiger partial charge in [-0.1, -0.05) is 0 Å². The second-order valence-electron chi connectivity index (χ2n) is 5.70. The fourth-order valence-electron chi connectivity index (χ4n) is 2.96. The van der Waals surface area contributed by atoms with Gasteiger partial charge < -0.3 is 15.8 Å². The number of nitriles is 1. The van der Waals surface area contributed by atoms with E-state index in [2.05, 4.69) is 15.0 Å². The lowest BCUT2D eigenvalue weighted by Gasteiger charge is -2.24. The van der Waals surface area contributed by atoms with Crippen molar-refractivity contribution in [2.45, 2.75) is 5.92 Å². The highest BCUT2D eigenvalue weighted by Gasteiger charge is 2.35. The van der Waals surface area contributed by atoms with E-state index >= 15 is 0 Å². The number of nitrogens with two attached hydrogens (primary N) is 1. The van der Waals surface area contributed by atoms with Gasteiger partial charge in [0.05, 0.1) is 30.2 Å². The first-order valence-electron chi connectivity index (χ1n) is 8.02. The number of hydrogen-bond acceptors (Lipinski definition) is 8. The summed E-state index contributed by atoms with van der Waals surface area (Å²) < 4.78 is 5.94. The van der Waals surface area contributed by atoms with Crippen LogP contribution in [0.1, 0.15) is 11.5 Å². The van der Waals surface area contributed by atoms with E-state index in [0.29, 0.717) is 5.56 Å². The summed E-state index contributed by atoms with van der Waals surface area (Å²) in [4.78, 5) is 41.1. The van der Waals surface area contributed by atoms with Gasteiger partial charge in [0.25, 0.3) is 11.5 Å². The molecule has 1 unspecified atom stereocenters. The quantitative estimate of drug-likeness (QED) is 0.607. The van der Waals surface area contributed by atoms with Gasteiger partial charge in [-0.05, 0) is 17.7 Å². The van der Waals surface area contributed by atoms with E-state index in [1.807, 2.05) is 6.07 Å². The summed E-state index contributed by atoms with van der Waals surface area (Å²) in [6.07, 6.45) is 4.10. The number of hydrogen-bond donors (Lipinski definition) is 2. The maximum absolute atomic E-state index is 12.8. The molecule has 0 fully saturated rings. The number of carbonyl (C=O) groups excluding carboxylic acids is 2. The number of ether oxygens (including phenoxy) is 1. The normalized spacial score (nSPS) is 16.4. The van der Waals surface area contributed by atoms with Crippen LogP contribution in [0.15, 0.2) is 34.9 Å². The van der Waals surface area contributed by atoms with Crippen molar-refractivity contribution in [1.29, 1.82) is 5.26 Å². The number of allylic oxidation sites excluding steroid dienone is 1. The molecular formula is C18H15N5O4S. The summed E-state index contributed by atoms with van der Waals surface area (Å²) in [6.45, 7) is 0. The van der Waals surface area contributed by atoms with Gasteiger partial charge in [0, 0.05) is 25.5 Å². The number of amides is 1. The van der Waals surface area contributed by atoms with E-state index in [4.69, 9.17) is 5.73 Å². The Labute approximate surface area is 162 Å². The Kier molecular flexibility index (Phi) is 5.10. The van der Waals surface area contributed by atoms with Crippen molar-refractivity contribution in [2.75, 3.05) is 14.2 Å². The molecule has 0 aromatic carbocycles. The fourth-order valence-corrected chi connectivity index (χ4v) is 4.09. The molecule has 1 aliphatic heterocycles. The Hall–Kier alpha value is -3.71. The average Bonchev–Trinajstić information content (AvgIpc) is 3.03. The smallest absolute Gasteiger partial charge is 0.332 e. The highest BCUT2D eigenvalue weighted by Crippen LogP contribution is 2.35. The molecule has 0 radical (unpaired) electrons. The number of fused-ring (bicyclic) bond motifs is 1. The minimum Gasteiger partial charge on any atom is -0.466 e. The van der Waals surface area contributed by atoms with Gasteiger partial charge >= 0.3 is 5.97 Å². The molecule has 10 heteroatoms. The molecule has 28 heavy (non-hydrogen) atoms. The van der Waals surface area contributed by atoms with Gasteiger partial charge in [-0.2, -0.15) is 5.26 Å². The van der Waals surface area contributed by atoms with E-state index in [-0.39, 0.29) is 26.2 Å². The predicted molar refractivity (Wildman–Crippen MR) is 102 cm³/mol. The van der Waals surface area contributed by atoms with Crippen molar-refractivity contribution in [1.82, 2.24) is 14.9 Å². The highest BCUT2D eigenvalue weighted by molar-refractivity contribution is 7.07. The van der Waals surface area contributed by atoms with E-state index in [9.17, 15) is 19.6 Å². The SMILES string of the molecule is CNC(=O)C1=c2s/c(=C\C(=O)OC)c(=O)n2C(N)=C(C#N)C1c1ccncc1. The number of esters is 1. The van der Waals surface area contributed by atoms with E-state index in [1.165, 1.54) is 26.6 Å². The molecule has 2 aromatic heterocycles. The van der Waals surface area contributed by atoms with Gasteiger partial charge in [0.15, 0.2) is 0 Å². The van der Waals surface area contributed by atoms with Crippen LogP contribution in [-0.4, -0.2) is 35.6 Å². The first kappa shape index (κ1) is 19.1. The number of carbonyl (C=O) groups is 2. The Morgan fingerprint density at radius 2 is 2.11 bits per heavy atom. The molecule has 2 aromatic rings. The Morgan fingerprint density at radius 1 is 1.43 bits per heavy atom. The standard InChI is InChI=1S/C18H15N5O4S/c1-21-16(25)14-13(9-3-5-22-6-4-9)10(8-19)15(20)23-17(26)11(28-18(14)23)7-12(24)27-2/h3-7,13H,20H2,1-2H3,(H,21,25)/b11-7-. The number of aromatic nitrogens is 2. The molecule has 1 aliphatic rings. The molecular weight excluding hydrogens is 382 g/mol. The maximum atomic E-state index is 12.8. The van der Waals surface area contributed by atoms with Crippen LogP contribution in [0.5, 0.6) is 0 Å². The van der Waals surface area contributed by atoms with Crippen molar-refractivity contribution < 1.29 is 14.3 Å². The predicted octanol–water partition coefficient (Wildman–Crippen LogP) is -1.40. The van der Waals surface area contributed by atoms with Gasteiger partial charge in [-0.25, -0.2) is 4.79 Å². The lowest BCUT2D eigenvalue weighted by atomic mass is 9.84. The first-order valence-corrected chi connectivity index (χ1v) is 8.84. The molecule has 0 saturated carbocycles. The van der Waals surface area contributed by atoms with Crippen molar-refractivity contribution in [2.24, 2.45) is 5.73 Å². The zero-order valence-corrected chi connectivity index (χ0v) is 15.7. The molecule has 0 spiro atoms. The van der Waals surface area contributed by atoms with Crippen LogP contribution in [0.25, 0.3) is 17.5 Å². The molecule has 0 aliphatic carbocycles. The van der Waals surface area contributed by atoms with Gasteiger partial charge in [-0.15, -0.1) is 11.3 Å². The van der Waals surface area contributed by atoms with Crippen LogP contribution in [0.3, 0.4) is 0 Å². The zero-order valence-electron chi connectivity index (χ0n) is 14.9. The van der Waals surface area contributed by atoms with Crippen LogP contribution < -0.4 is 25.8 Å². The van der Waals surface area contributed by atoms with Gasteiger partial charge in [-0.3, -0.25) is 19.1 Å². The van der Waals surface area contributed by atoms with Crippen molar-refractivity contribution in [3.8, 4) is 6.07 Å². The largest absolute Gasteiger partial charge is 0.466 e. The van der Waals surface area contributed by atoms with Crippen molar-refractivity contribution >= 4 is 40.7 Å². The van der Waals surface area contributed by atoms with E-state index < -0.39 is 23.4 Å². The fraction of sp³-hybridized carbons (Fsp3) is 0.167. The Bertz CT molecular complexity index is 1220. The summed E-state index contributed by atoms with van der Waals surface area (Å²) in [5.74, 6) is -2.05. The third kappa shape index (κ3) is 2.97. The number of nitrogens with zero attached hydrogens (tertiary/aromatic N) is 3. The highest BCUT2D eigenvalue weighted by atomic mass is 32.1. The van der Waals surface area contributed by atoms with Gasteiger partial charge in [0.1, 0.15) is 15.0 Å². The van der Waals surface area contributed by atoms with Gasteiger partial charge in [0.2, 0.25) is 0 Å². The second kappa shape index (κ2) is 7.50. The third-order valence-electron chi connectivity index (χ3n) is 4.23. The summed E-state index contributed by atoms with van der Waals surface area (Å²) in [7, 11) is 2.64. The molecule has 1 atom stereocenters. The van der Waals surface area contributed by atoms with Crippen LogP contribution in [0.2, 0.25) is 0 Å². The lowest BCUT2D eigenvalue weighted by molar-refractivity contribution is -0.133. The van der Waals surface area contributed by atoms with Crippen molar-refractivity contribution in [3.63, 3.8) is 0 Å². The Morgan fingerprint density at radius 3 is 2.68 bits per heavy atom. The van der Waals surface area contributed by atoms with E-state index in [0.717, 1.165) is 22.0 Å². The molecule has 9 nitrogen and oxygen atoms in total. The molecule has 3 heterocycles. The summed E-state index contributed by atoms with van der Waals surface area (Å²) >= 11 is 0.929. The number of nitrogens with one attached hydrogen (secondary N) is 1. The van der Waals surface area contributed by atoms with Crippen LogP contribution in [0.4, 0.5) is 0 Å². The molecule has 3 N–H and O–H groups in total. The number of pyridine rings is 1. The van der Waals surface area contributed by atoms with Crippen LogP contribution >= 0.6 is 11.3 Å². The minimum atomic E-state index is -0.781. The second-order valence-corrected chi connectivity index (χ2v) is 6.73. The third-order valence-corrected chi connectivity index (χ3v) is 5.34. The number of rotatable bonds is 3. The lowest BCUT2D eigenvalue weighted by Crippen LogP contribution is -2.41. The monoisotopic (exact) mass is 397 g/mol. The first-order chi connectivity index (χ1) is 13.4. The topological polar surface area (TPSA) is 140 Å². The zero-order chi connectivity index (χ0) is 20.4. The van der Waals surface area contributed by atoms with Crippen LogP contribution in [0, 0.1) is 11.3 Å². The minimum absolute atomic E-state index is 0.0406. The molecule has 0 saturated heterocycles. The summed E-state index contributed by atoms with van der Waals surface area (Å²) in [5, 5.41) is 12.3. The van der Waals surface area contributed by atoms with Crippen LogP contribution in [-0.2, 0) is 14.3 Å². The molecule has 142 valence electrons. The summed E-state index contributed by atoms with van der Waals surface area (Å²) in [5.41, 5.74) is 6.41. The number of methoxy groups -OCH3 is 1. The summed E-state index contributed by atoms with van der Waals surface area (Å²) in [6, 6.07) is 5.35. The molecule has 1 amide bonds. The molecule has 0 bridgehead atoms. The molecule has 3 rings (SSSR count). The number of thiazole rings is 1. The Balaban J connectivity index is 2.49. The average molecular weight is 397 g/mol. The maximum Gasteiger partial charge on any atom is 0.332 e. The van der Waals surface area contributed by atoms with E-state index in [1.54, 1.807) is 12.1 Å².